The normalized spacial score (nSPS) is 10.8. The molecule has 0 aliphatic carbocycles. The summed E-state index contributed by atoms with van der Waals surface area (Å²) in [6, 6.07) is 7.82. The average Bonchev–Trinajstić information content (AvgIpc) is 2.94. The summed E-state index contributed by atoms with van der Waals surface area (Å²) in [5.74, 6) is 2.22. The van der Waals surface area contributed by atoms with E-state index >= 15 is 0 Å². The molecule has 2 heterocycles. The molecule has 7 heteroatoms. The van der Waals surface area contributed by atoms with E-state index in [9.17, 15) is 0 Å². The van der Waals surface area contributed by atoms with Gasteiger partial charge in [0.1, 0.15) is 23.0 Å². The number of anilines is 1. The van der Waals surface area contributed by atoms with Gasteiger partial charge >= 0.3 is 0 Å². The lowest BCUT2D eigenvalue weighted by atomic mass is 10.3. The summed E-state index contributed by atoms with van der Waals surface area (Å²) in [4.78, 5) is 9.98. The molecule has 2 aromatic heterocycles. The number of hydrogen-bond donors (Lipinski definition) is 1. The molecule has 0 amide bonds. The van der Waals surface area contributed by atoms with Crippen molar-refractivity contribution in [2.24, 2.45) is 0 Å². The van der Waals surface area contributed by atoms with E-state index in [1.807, 2.05) is 36.7 Å². The van der Waals surface area contributed by atoms with Crippen molar-refractivity contribution in [3.8, 4) is 5.75 Å². The van der Waals surface area contributed by atoms with Gasteiger partial charge in [-0.05, 0) is 55.4 Å². The number of aromatic nitrogens is 2. The first-order chi connectivity index (χ1) is 10.2. The van der Waals surface area contributed by atoms with Gasteiger partial charge in [0.15, 0.2) is 5.82 Å². The Kier molecular flexibility index (Phi) is 4.42. The van der Waals surface area contributed by atoms with Crippen molar-refractivity contribution < 1.29 is 4.74 Å². The minimum atomic E-state index is 0.309. The van der Waals surface area contributed by atoms with Gasteiger partial charge in [-0.15, -0.1) is 11.3 Å². The van der Waals surface area contributed by atoms with Gasteiger partial charge in [0.25, 0.3) is 0 Å². The largest absolute Gasteiger partial charge is 0.483 e. The Labute approximate surface area is 142 Å². The fourth-order valence-corrected chi connectivity index (χ4v) is 3.92. The maximum absolute atomic E-state index is 5.84. The number of ether oxygens (including phenoxy) is 1. The lowest BCUT2D eigenvalue weighted by Crippen LogP contribution is -2.05. The molecule has 1 aromatic carbocycles. The molecular formula is C14H11Br2N3OS. The van der Waals surface area contributed by atoms with Crippen molar-refractivity contribution in [2.75, 3.05) is 12.4 Å². The highest BCUT2D eigenvalue weighted by atomic mass is 79.9. The van der Waals surface area contributed by atoms with Crippen LogP contribution in [0.1, 0.15) is 5.82 Å². The van der Waals surface area contributed by atoms with Gasteiger partial charge in [-0.3, -0.25) is 0 Å². The molecule has 0 unspecified atom stereocenters. The first-order valence-corrected chi connectivity index (χ1v) is 8.64. The van der Waals surface area contributed by atoms with Crippen LogP contribution in [0.5, 0.6) is 5.75 Å². The molecule has 3 rings (SSSR count). The number of nitrogens with zero attached hydrogens (tertiary/aromatic N) is 2. The summed E-state index contributed by atoms with van der Waals surface area (Å²) in [5.41, 5.74) is 0. The third-order valence-electron chi connectivity index (χ3n) is 2.87. The zero-order valence-electron chi connectivity index (χ0n) is 11.1. The molecule has 21 heavy (non-hydrogen) atoms. The van der Waals surface area contributed by atoms with E-state index in [1.54, 1.807) is 11.3 Å². The second-order valence-electron chi connectivity index (χ2n) is 4.22. The van der Waals surface area contributed by atoms with Gasteiger partial charge < -0.3 is 10.1 Å². The fourth-order valence-electron chi connectivity index (χ4n) is 1.91. The van der Waals surface area contributed by atoms with Crippen LogP contribution in [-0.4, -0.2) is 17.0 Å². The Balaban J connectivity index is 1.88. The first kappa shape index (κ1) is 14.7. The molecule has 0 saturated heterocycles. The molecule has 0 fully saturated rings. The van der Waals surface area contributed by atoms with Gasteiger partial charge in [-0.1, -0.05) is 6.07 Å². The van der Waals surface area contributed by atoms with E-state index in [4.69, 9.17) is 4.74 Å². The zero-order chi connectivity index (χ0) is 14.8. The zero-order valence-corrected chi connectivity index (χ0v) is 15.0. The molecule has 0 spiro atoms. The molecule has 4 nitrogen and oxygen atoms in total. The van der Waals surface area contributed by atoms with Crippen LogP contribution < -0.4 is 10.1 Å². The Morgan fingerprint density at radius 3 is 2.67 bits per heavy atom. The maximum atomic E-state index is 5.84. The second-order valence-corrected chi connectivity index (χ2v) is 6.82. The van der Waals surface area contributed by atoms with E-state index in [0.717, 1.165) is 30.7 Å². The topological polar surface area (TPSA) is 47.0 Å². The van der Waals surface area contributed by atoms with E-state index in [0.29, 0.717) is 12.4 Å². The highest BCUT2D eigenvalue weighted by molar-refractivity contribution is 9.11. The molecule has 0 bridgehead atoms. The lowest BCUT2D eigenvalue weighted by molar-refractivity contribution is 0.293. The van der Waals surface area contributed by atoms with Crippen LogP contribution in [0.2, 0.25) is 0 Å². The number of fused-ring (bicyclic) bond motifs is 1. The Morgan fingerprint density at radius 2 is 1.95 bits per heavy atom. The molecule has 0 atom stereocenters. The standard InChI is InChI=1S/C14H11Br2N3OS/c1-17-13-8-5-6-21-14(8)19-11(18-13)7-20-12-9(15)3-2-4-10(12)16/h2-6H,7H2,1H3,(H,17,18,19). The molecule has 0 radical (unpaired) electrons. The number of halogens is 2. The highest BCUT2D eigenvalue weighted by Gasteiger charge is 2.10. The summed E-state index contributed by atoms with van der Waals surface area (Å²) in [6.07, 6.45) is 0. The van der Waals surface area contributed by atoms with Crippen LogP contribution in [0.15, 0.2) is 38.6 Å². The van der Waals surface area contributed by atoms with Gasteiger partial charge in [-0.2, -0.15) is 0 Å². The predicted molar refractivity (Wildman–Crippen MR) is 93.1 cm³/mol. The van der Waals surface area contributed by atoms with Crippen LogP contribution in [0.3, 0.4) is 0 Å². The molecule has 1 N–H and O–H groups in total. The predicted octanol–water partition coefficient (Wildman–Crippen LogP) is 4.84. The molecule has 108 valence electrons. The van der Waals surface area contributed by atoms with Gasteiger partial charge in [-0.25, -0.2) is 9.97 Å². The van der Waals surface area contributed by atoms with Gasteiger partial charge in [0, 0.05) is 7.05 Å². The van der Waals surface area contributed by atoms with E-state index < -0.39 is 0 Å². The monoisotopic (exact) mass is 427 g/mol. The number of hydrogen-bond acceptors (Lipinski definition) is 5. The van der Waals surface area contributed by atoms with Crippen LogP contribution in [-0.2, 0) is 6.61 Å². The van der Waals surface area contributed by atoms with E-state index in [-0.39, 0.29) is 0 Å². The number of benzene rings is 1. The quantitative estimate of drug-likeness (QED) is 0.645. The summed E-state index contributed by atoms with van der Waals surface area (Å²) >= 11 is 8.55. The van der Waals surface area contributed by atoms with Gasteiger partial charge in [0.05, 0.1) is 14.3 Å². The van der Waals surface area contributed by atoms with Crippen molar-refractivity contribution in [3.05, 3.63) is 44.4 Å². The molecule has 0 aliphatic heterocycles. The van der Waals surface area contributed by atoms with Crippen LogP contribution in [0, 0.1) is 0 Å². The maximum Gasteiger partial charge on any atom is 0.169 e. The highest BCUT2D eigenvalue weighted by Crippen LogP contribution is 2.33. The van der Waals surface area contributed by atoms with Crippen molar-refractivity contribution in [1.29, 1.82) is 0 Å². The van der Waals surface area contributed by atoms with Crippen molar-refractivity contribution in [3.63, 3.8) is 0 Å². The Hall–Kier alpha value is -1.18. The van der Waals surface area contributed by atoms with E-state index in [1.165, 1.54) is 0 Å². The number of para-hydroxylation sites is 1. The fraction of sp³-hybridized carbons (Fsp3) is 0.143. The Morgan fingerprint density at radius 1 is 1.19 bits per heavy atom. The van der Waals surface area contributed by atoms with E-state index in [2.05, 4.69) is 47.1 Å². The molecular weight excluding hydrogens is 418 g/mol. The lowest BCUT2D eigenvalue weighted by Gasteiger charge is -2.10. The van der Waals surface area contributed by atoms with Crippen LogP contribution in [0.4, 0.5) is 5.82 Å². The van der Waals surface area contributed by atoms with Crippen LogP contribution in [0.25, 0.3) is 10.2 Å². The summed E-state index contributed by atoms with van der Waals surface area (Å²) in [7, 11) is 1.86. The van der Waals surface area contributed by atoms with Crippen LogP contribution >= 0.6 is 43.2 Å². The smallest absolute Gasteiger partial charge is 0.169 e. The van der Waals surface area contributed by atoms with Gasteiger partial charge in [0.2, 0.25) is 0 Å². The third-order valence-corrected chi connectivity index (χ3v) is 4.93. The minimum Gasteiger partial charge on any atom is -0.483 e. The number of rotatable bonds is 4. The van der Waals surface area contributed by atoms with Crippen molar-refractivity contribution >= 4 is 59.2 Å². The third kappa shape index (κ3) is 3.04. The first-order valence-electron chi connectivity index (χ1n) is 6.17. The minimum absolute atomic E-state index is 0.309. The summed E-state index contributed by atoms with van der Waals surface area (Å²) in [5, 5.41) is 6.14. The molecule has 0 aliphatic rings. The number of nitrogens with one attached hydrogen (secondary N) is 1. The molecule has 0 saturated carbocycles. The number of thiophene rings is 1. The van der Waals surface area contributed by atoms with Crippen molar-refractivity contribution in [1.82, 2.24) is 9.97 Å². The average molecular weight is 429 g/mol. The Bertz CT molecular complexity index is 771. The van der Waals surface area contributed by atoms with Crippen molar-refractivity contribution in [2.45, 2.75) is 6.61 Å². The summed E-state index contributed by atoms with van der Waals surface area (Å²) in [6.45, 7) is 0.309. The molecule has 3 aromatic rings. The second kappa shape index (κ2) is 6.29. The SMILES string of the molecule is CNc1nc(COc2c(Br)cccc2Br)nc2sccc12. The summed E-state index contributed by atoms with van der Waals surface area (Å²) < 4.78 is 7.62.